The predicted molar refractivity (Wildman–Crippen MR) is 79.0 cm³/mol. The molecule has 0 radical (unpaired) electrons. The second-order valence-corrected chi connectivity index (χ2v) is 5.56. The van der Waals surface area contributed by atoms with Crippen molar-refractivity contribution in [2.75, 3.05) is 12.9 Å². The number of aromatic nitrogens is 1. The van der Waals surface area contributed by atoms with Gasteiger partial charge in [-0.05, 0) is 30.2 Å². The van der Waals surface area contributed by atoms with E-state index in [-0.39, 0.29) is 17.9 Å². The Balaban J connectivity index is 2.04. The minimum absolute atomic E-state index is 0.210. The van der Waals surface area contributed by atoms with E-state index in [4.69, 9.17) is 0 Å². The average molecular weight is 264 g/mol. The van der Waals surface area contributed by atoms with Gasteiger partial charge >= 0.3 is 0 Å². The molecule has 1 aromatic carbocycles. The van der Waals surface area contributed by atoms with Crippen molar-refractivity contribution in [1.29, 1.82) is 0 Å². The van der Waals surface area contributed by atoms with Crippen LogP contribution in [0.15, 0.2) is 30.5 Å². The predicted octanol–water partition coefficient (Wildman–Crippen LogP) is 2.37. The van der Waals surface area contributed by atoms with Gasteiger partial charge in [-0.1, -0.05) is 18.2 Å². The molecule has 0 amide bonds. The van der Waals surface area contributed by atoms with Gasteiger partial charge in [-0.2, -0.15) is 11.8 Å². The number of benzene rings is 1. The van der Waals surface area contributed by atoms with E-state index in [1.54, 1.807) is 11.8 Å². The van der Waals surface area contributed by atoms with Crippen LogP contribution >= 0.6 is 11.8 Å². The van der Waals surface area contributed by atoms with Gasteiger partial charge in [0.1, 0.15) is 0 Å². The van der Waals surface area contributed by atoms with Crippen molar-refractivity contribution in [1.82, 2.24) is 10.3 Å². The number of hydrogen-bond donors (Lipinski definition) is 3. The zero-order valence-electron chi connectivity index (χ0n) is 10.8. The van der Waals surface area contributed by atoms with Crippen LogP contribution in [0.25, 0.3) is 10.9 Å². The number of aliphatic hydroxyl groups is 1. The molecular weight excluding hydrogens is 244 g/mol. The summed E-state index contributed by atoms with van der Waals surface area (Å²) in [4.78, 5) is 3.27. The van der Waals surface area contributed by atoms with Crippen LogP contribution in [0.1, 0.15) is 12.5 Å². The van der Waals surface area contributed by atoms with Crippen LogP contribution in [0.5, 0.6) is 0 Å². The fraction of sp³-hybridized carbons (Fsp3) is 0.429. The molecule has 98 valence electrons. The maximum Gasteiger partial charge on any atom is 0.0564 e. The molecule has 3 N–H and O–H groups in total. The largest absolute Gasteiger partial charge is 0.395 e. The molecule has 1 aromatic heterocycles. The third-order valence-corrected chi connectivity index (χ3v) is 4.49. The lowest BCUT2D eigenvalue weighted by Crippen LogP contribution is -2.37. The Bertz CT molecular complexity index is 493. The Hall–Kier alpha value is -0.970. The molecular formula is C14H20N2OS. The van der Waals surface area contributed by atoms with E-state index in [1.165, 1.54) is 16.5 Å². The highest BCUT2D eigenvalue weighted by Crippen LogP contribution is 2.17. The normalized spacial score (nSPS) is 14.8. The van der Waals surface area contributed by atoms with Crippen molar-refractivity contribution >= 4 is 22.7 Å². The van der Waals surface area contributed by atoms with Gasteiger partial charge in [-0.25, -0.2) is 0 Å². The summed E-state index contributed by atoms with van der Waals surface area (Å²) < 4.78 is 0. The molecule has 18 heavy (non-hydrogen) atoms. The van der Waals surface area contributed by atoms with Gasteiger partial charge in [0, 0.05) is 29.6 Å². The number of fused-ring (bicyclic) bond motifs is 1. The zero-order chi connectivity index (χ0) is 13.0. The summed E-state index contributed by atoms with van der Waals surface area (Å²) >= 11 is 1.70. The van der Waals surface area contributed by atoms with Crippen LogP contribution < -0.4 is 5.32 Å². The van der Waals surface area contributed by atoms with Crippen molar-refractivity contribution < 1.29 is 5.11 Å². The van der Waals surface area contributed by atoms with Crippen LogP contribution in [0, 0.1) is 0 Å². The Labute approximate surface area is 112 Å². The van der Waals surface area contributed by atoms with E-state index in [1.807, 2.05) is 12.5 Å². The minimum atomic E-state index is 0.210. The van der Waals surface area contributed by atoms with E-state index in [0.717, 1.165) is 6.54 Å². The third kappa shape index (κ3) is 2.88. The Morgan fingerprint density at radius 1 is 1.39 bits per heavy atom. The Morgan fingerprint density at radius 3 is 2.94 bits per heavy atom. The lowest BCUT2D eigenvalue weighted by molar-refractivity contribution is 0.276. The zero-order valence-corrected chi connectivity index (χ0v) is 11.6. The van der Waals surface area contributed by atoms with E-state index < -0.39 is 0 Å². The lowest BCUT2D eigenvalue weighted by Gasteiger charge is -2.21. The standard InChI is InChI=1S/C14H20N2OS/c1-10(13(9-17)18-2)16-8-12-5-3-4-11-6-7-15-14(11)12/h3-7,10,13,15-17H,8-9H2,1-2H3. The highest BCUT2D eigenvalue weighted by Gasteiger charge is 2.14. The molecule has 2 aromatic rings. The Morgan fingerprint density at radius 2 is 2.22 bits per heavy atom. The highest BCUT2D eigenvalue weighted by molar-refractivity contribution is 7.99. The molecule has 0 spiro atoms. The van der Waals surface area contributed by atoms with Gasteiger partial charge in [0.15, 0.2) is 0 Å². The highest BCUT2D eigenvalue weighted by atomic mass is 32.2. The van der Waals surface area contributed by atoms with Crippen molar-refractivity contribution in [3.63, 3.8) is 0 Å². The number of rotatable bonds is 6. The molecule has 0 saturated heterocycles. The molecule has 1 heterocycles. The molecule has 3 nitrogen and oxygen atoms in total. The molecule has 0 saturated carbocycles. The summed E-state index contributed by atoms with van der Waals surface area (Å²) in [5.74, 6) is 0. The fourth-order valence-electron chi connectivity index (χ4n) is 2.14. The first-order valence-corrected chi connectivity index (χ1v) is 7.47. The SMILES string of the molecule is CSC(CO)C(C)NCc1cccc2cc[nH]c12. The summed E-state index contributed by atoms with van der Waals surface area (Å²) in [5.41, 5.74) is 2.46. The second kappa shape index (κ2) is 6.27. The van der Waals surface area contributed by atoms with Crippen LogP contribution in [0.3, 0.4) is 0 Å². The molecule has 0 aliphatic heterocycles. The summed E-state index contributed by atoms with van der Waals surface area (Å²) in [7, 11) is 0. The first kappa shape index (κ1) is 13.5. The number of para-hydroxylation sites is 1. The lowest BCUT2D eigenvalue weighted by atomic mass is 10.1. The van der Waals surface area contributed by atoms with Crippen LogP contribution in [-0.4, -0.2) is 34.2 Å². The van der Waals surface area contributed by atoms with E-state index in [2.05, 4.69) is 41.5 Å². The van der Waals surface area contributed by atoms with Gasteiger partial charge in [-0.15, -0.1) is 0 Å². The number of aromatic amines is 1. The summed E-state index contributed by atoms with van der Waals surface area (Å²) in [6.45, 7) is 3.14. The first-order chi connectivity index (χ1) is 8.76. The van der Waals surface area contributed by atoms with Gasteiger partial charge in [0.2, 0.25) is 0 Å². The van der Waals surface area contributed by atoms with Crippen molar-refractivity contribution in [3.05, 3.63) is 36.0 Å². The number of nitrogens with one attached hydrogen (secondary N) is 2. The van der Waals surface area contributed by atoms with Gasteiger partial charge in [0.25, 0.3) is 0 Å². The van der Waals surface area contributed by atoms with Crippen molar-refractivity contribution in [2.24, 2.45) is 0 Å². The van der Waals surface area contributed by atoms with E-state index in [9.17, 15) is 5.11 Å². The average Bonchev–Trinajstić information content (AvgIpc) is 2.86. The van der Waals surface area contributed by atoms with Crippen molar-refractivity contribution in [3.8, 4) is 0 Å². The number of aliphatic hydroxyl groups excluding tert-OH is 1. The van der Waals surface area contributed by atoms with Gasteiger partial charge < -0.3 is 15.4 Å². The number of H-pyrrole nitrogens is 1. The smallest absolute Gasteiger partial charge is 0.0564 e. The molecule has 0 fully saturated rings. The van der Waals surface area contributed by atoms with Crippen LogP contribution in [-0.2, 0) is 6.54 Å². The fourth-order valence-corrected chi connectivity index (χ4v) is 2.79. The molecule has 2 atom stereocenters. The molecule has 4 heteroatoms. The topological polar surface area (TPSA) is 48.0 Å². The van der Waals surface area contributed by atoms with E-state index >= 15 is 0 Å². The molecule has 0 aliphatic rings. The number of thioether (sulfide) groups is 1. The number of hydrogen-bond acceptors (Lipinski definition) is 3. The third-order valence-electron chi connectivity index (χ3n) is 3.33. The maximum absolute atomic E-state index is 9.27. The quantitative estimate of drug-likeness (QED) is 0.750. The van der Waals surface area contributed by atoms with Crippen LogP contribution in [0.4, 0.5) is 0 Å². The first-order valence-electron chi connectivity index (χ1n) is 6.18. The molecule has 2 unspecified atom stereocenters. The molecule has 0 aliphatic carbocycles. The Kier molecular flexibility index (Phi) is 4.69. The van der Waals surface area contributed by atoms with Gasteiger partial charge in [-0.3, -0.25) is 0 Å². The second-order valence-electron chi connectivity index (χ2n) is 4.49. The molecule has 2 rings (SSSR count). The summed E-state index contributed by atoms with van der Waals surface area (Å²) in [6.07, 6.45) is 4.00. The minimum Gasteiger partial charge on any atom is -0.395 e. The van der Waals surface area contributed by atoms with Crippen molar-refractivity contribution in [2.45, 2.75) is 24.8 Å². The van der Waals surface area contributed by atoms with Gasteiger partial charge in [0.05, 0.1) is 6.61 Å². The van der Waals surface area contributed by atoms with Crippen LogP contribution in [0.2, 0.25) is 0 Å². The summed E-state index contributed by atoms with van der Waals surface area (Å²) in [5, 5.41) is 14.2. The monoisotopic (exact) mass is 264 g/mol. The maximum atomic E-state index is 9.27. The summed E-state index contributed by atoms with van der Waals surface area (Å²) in [6, 6.07) is 8.69. The van der Waals surface area contributed by atoms with E-state index in [0.29, 0.717) is 0 Å². The molecule has 0 bridgehead atoms.